The molecule has 2 heterocycles. The monoisotopic (exact) mass is 408 g/mol. The number of nitrogens with two attached hydrogens (primary N) is 2. The Morgan fingerprint density at radius 3 is 1.79 bits per heavy atom. The molecule has 0 amide bonds. The van der Waals surface area contributed by atoms with E-state index in [0.717, 1.165) is 0 Å². The van der Waals surface area contributed by atoms with E-state index in [4.69, 9.17) is 30.4 Å². The third kappa shape index (κ3) is 5.20. The molecule has 0 aromatic rings. The SMILES string of the molecule is CC[C@@H]1C(CO)O[C@@H](COC[C@@H]2C(CO)O[C@@H](COC)C(N)C2O)C(N)C1O. The molecule has 2 aliphatic heterocycles. The molecule has 0 radical (unpaired) electrons. The maximum Gasteiger partial charge on any atom is 0.0989 e. The second-order valence-electron chi connectivity index (χ2n) is 7.66. The van der Waals surface area contributed by atoms with Gasteiger partial charge in [0.1, 0.15) is 0 Å². The maximum atomic E-state index is 10.5. The van der Waals surface area contributed by atoms with Gasteiger partial charge in [-0.2, -0.15) is 0 Å². The van der Waals surface area contributed by atoms with Gasteiger partial charge in [-0.3, -0.25) is 0 Å². The molecular weight excluding hydrogens is 372 g/mol. The average Bonchev–Trinajstić information content (AvgIpc) is 2.70. The fourth-order valence-corrected chi connectivity index (χ4v) is 4.14. The molecule has 10 nitrogen and oxygen atoms in total. The zero-order valence-electron chi connectivity index (χ0n) is 16.6. The number of hydrogen-bond acceptors (Lipinski definition) is 10. The van der Waals surface area contributed by atoms with Crippen molar-refractivity contribution in [3.05, 3.63) is 0 Å². The lowest BCUT2D eigenvalue weighted by molar-refractivity contribution is -0.199. The van der Waals surface area contributed by atoms with Gasteiger partial charge in [-0.05, 0) is 6.42 Å². The molecule has 10 heteroatoms. The van der Waals surface area contributed by atoms with Crippen LogP contribution in [0.4, 0.5) is 0 Å². The molecule has 6 unspecified atom stereocenters. The lowest BCUT2D eigenvalue weighted by atomic mass is 9.84. The van der Waals surface area contributed by atoms with Crippen molar-refractivity contribution in [3.8, 4) is 0 Å². The molecule has 2 fully saturated rings. The summed E-state index contributed by atoms with van der Waals surface area (Å²) in [6.45, 7) is 1.76. The Balaban J connectivity index is 1.92. The van der Waals surface area contributed by atoms with Crippen molar-refractivity contribution in [3.63, 3.8) is 0 Å². The van der Waals surface area contributed by atoms with Gasteiger partial charge in [-0.15, -0.1) is 0 Å². The van der Waals surface area contributed by atoms with E-state index in [2.05, 4.69) is 0 Å². The van der Waals surface area contributed by atoms with E-state index in [-0.39, 0.29) is 39.0 Å². The summed E-state index contributed by atoms with van der Waals surface area (Å²) in [5.41, 5.74) is 12.1. The lowest BCUT2D eigenvalue weighted by Gasteiger charge is -2.44. The predicted molar refractivity (Wildman–Crippen MR) is 99.4 cm³/mol. The van der Waals surface area contributed by atoms with Crippen LogP contribution in [0, 0.1) is 11.8 Å². The molecule has 0 bridgehead atoms. The smallest absolute Gasteiger partial charge is 0.0989 e. The van der Waals surface area contributed by atoms with Gasteiger partial charge in [0, 0.05) is 18.9 Å². The summed E-state index contributed by atoms with van der Waals surface area (Å²) >= 11 is 0. The molecule has 2 aliphatic rings. The normalized spacial score (nSPS) is 44.6. The number of ether oxygens (including phenoxy) is 4. The second kappa shape index (κ2) is 11.1. The maximum absolute atomic E-state index is 10.5. The van der Waals surface area contributed by atoms with Crippen LogP contribution >= 0.6 is 0 Å². The molecule has 2 rings (SSSR count). The Labute approximate surface area is 165 Å². The number of methoxy groups -OCH3 is 1. The molecule has 166 valence electrons. The summed E-state index contributed by atoms with van der Waals surface area (Å²) in [7, 11) is 1.51. The molecule has 28 heavy (non-hydrogen) atoms. The fourth-order valence-electron chi connectivity index (χ4n) is 4.14. The first-order chi connectivity index (χ1) is 13.4. The predicted octanol–water partition coefficient (Wildman–Crippen LogP) is -2.81. The van der Waals surface area contributed by atoms with Crippen LogP contribution in [-0.2, 0) is 18.9 Å². The van der Waals surface area contributed by atoms with Crippen LogP contribution in [0.15, 0.2) is 0 Å². The van der Waals surface area contributed by atoms with Gasteiger partial charge in [0.15, 0.2) is 0 Å². The zero-order valence-corrected chi connectivity index (χ0v) is 16.6. The van der Waals surface area contributed by atoms with Crippen molar-refractivity contribution in [2.24, 2.45) is 23.3 Å². The van der Waals surface area contributed by atoms with Gasteiger partial charge in [0.2, 0.25) is 0 Å². The molecule has 0 saturated carbocycles. The highest BCUT2D eigenvalue weighted by atomic mass is 16.6. The number of aliphatic hydroxyl groups excluding tert-OH is 4. The van der Waals surface area contributed by atoms with Crippen LogP contribution in [0.5, 0.6) is 0 Å². The van der Waals surface area contributed by atoms with E-state index in [9.17, 15) is 20.4 Å². The van der Waals surface area contributed by atoms with Gasteiger partial charge in [-0.1, -0.05) is 6.92 Å². The first-order valence-corrected chi connectivity index (χ1v) is 9.86. The number of hydrogen-bond donors (Lipinski definition) is 6. The van der Waals surface area contributed by atoms with Gasteiger partial charge in [0.25, 0.3) is 0 Å². The molecular formula is C18H36N2O8. The Kier molecular flexibility index (Phi) is 9.48. The highest BCUT2D eigenvalue weighted by molar-refractivity contribution is 4.96. The van der Waals surface area contributed by atoms with E-state index in [1.165, 1.54) is 7.11 Å². The van der Waals surface area contributed by atoms with Gasteiger partial charge in [-0.25, -0.2) is 0 Å². The Morgan fingerprint density at radius 1 is 0.786 bits per heavy atom. The lowest BCUT2D eigenvalue weighted by Crippen LogP contribution is -2.62. The molecule has 8 N–H and O–H groups in total. The zero-order chi connectivity index (χ0) is 20.8. The van der Waals surface area contributed by atoms with Crippen LogP contribution in [-0.4, -0.2) is 109 Å². The Morgan fingerprint density at radius 2 is 1.29 bits per heavy atom. The quantitative estimate of drug-likeness (QED) is 0.234. The van der Waals surface area contributed by atoms with E-state index in [1.807, 2.05) is 6.92 Å². The van der Waals surface area contributed by atoms with Gasteiger partial charge >= 0.3 is 0 Å². The number of aliphatic hydroxyl groups is 4. The average molecular weight is 408 g/mol. The third-order valence-electron chi connectivity index (χ3n) is 5.93. The molecule has 10 atom stereocenters. The standard InChI is InChI=1S/C18H36N2O8/c1-3-9-11(4-21)27-14(16(20)17(9)23)8-26-6-10-12(5-22)28-13(7-25-2)15(19)18(10)24/h9-18,21-24H,3-8,19-20H2,1-2H3/t9-,10-,11?,12?,13+,14+,15?,16?,17?,18?/m1/s1. The second-order valence-corrected chi connectivity index (χ2v) is 7.66. The summed E-state index contributed by atoms with van der Waals surface area (Å²) in [5, 5.41) is 40.1. The highest BCUT2D eigenvalue weighted by Crippen LogP contribution is 2.29. The third-order valence-corrected chi connectivity index (χ3v) is 5.93. The highest BCUT2D eigenvalue weighted by Gasteiger charge is 2.45. The minimum atomic E-state index is -0.938. The van der Waals surface area contributed by atoms with Crippen molar-refractivity contribution in [1.29, 1.82) is 0 Å². The molecule has 0 spiro atoms. The van der Waals surface area contributed by atoms with E-state index >= 15 is 0 Å². The van der Waals surface area contributed by atoms with E-state index in [1.54, 1.807) is 0 Å². The number of rotatable bonds is 9. The first kappa shape index (κ1) is 23.9. The van der Waals surface area contributed by atoms with Crippen LogP contribution in [0.25, 0.3) is 0 Å². The van der Waals surface area contributed by atoms with Gasteiger partial charge in [0.05, 0.1) is 81.7 Å². The first-order valence-electron chi connectivity index (χ1n) is 9.86. The summed E-state index contributed by atoms with van der Waals surface area (Å²) in [4.78, 5) is 0. The summed E-state index contributed by atoms with van der Waals surface area (Å²) in [5.74, 6) is -0.769. The molecule has 0 aromatic carbocycles. The van der Waals surface area contributed by atoms with Crippen molar-refractivity contribution in [1.82, 2.24) is 0 Å². The van der Waals surface area contributed by atoms with E-state index < -0.39 is 54.6 Å². The minimum absolute atomic E-state index is 0.0727. The van der Waals surface area contributed by atoms with E-state index in [0.29, 0.717) is 6.42 Å². The Bertz CT molecular complexity index is 455. The fraction of sp³-hybridized carbons (Fsp3) is 1.00. The summed E-state index contributed by atoms with van der Waals surface area (Å²) in [6.07, 6.45) is -3.37. The van der Waals surface area contributed by atoms with Crippen LogP contribution < -0.4 is 11.5 Å². The largest absolute Gasteiger partial charge is 0.394 e. The molecule has 2 saturated heterocycles. The van der Waals surface area contributed by atoms with Crippen molar-refractivity contribution in [2.45, 2.75) is 62.1 Å². The Hall–Kier alpha value is -0.400. The van der Waals surface area contributed by atoms with Crippen LogP contribution in [0.3, 0.4) is 0 Å². The summed E-state index contributed by atoms with van der Waals surface area (Å²) < 4.78 is 22.3. The minimum Gasteiger partial charge on any atom is -0.394 e. The van der Waals surface area contributed by atoms with Crippen molar-refractivity contribution >= 4 is 0 Å². The van der Waals surface area contributed by atoms with Crippen molar-refractivity contribution in [2.75, 3.05) is 40.1 Å². The summed E-state index contributed by atoms with van der Waals surface area (Å²) in [6, 6.07) is -1.32. The van der Waals surface area contributed by atoms with Crippen LogP contribution in [0.1, 0.15) is 13.3 Å². The van der Waals surface area contributed by atoms with Gasteiger partial charge < -0.3 is 50.8 Å². The van der Waals surface area contributed by atoms with Crippen molar-refractivity contribution < 1.29 is 39.4 Å². The molecule has 0 aliphatic carbocycles. The topological polar surface area (TPSA) is 170 Å². The van der Waals surface area contributed by atoms with Crippen LogP contribution in [0.2, 0.25) is 0 Å². The molecule has 0 aromatic heterocycles.